The Balaban J connectivity index is 4.21. The van der Waals surface area contributed by atoms with Crippen molar-refractivity contribution >= 4 is 17.9 Å². The van der Waals surface area contributed by atoms with Crippen LogP contribution >= 0.6 is 0 Å². The van der Waals surface area contributed by atoms with Gasteiger partial charge in [-0.2, -0.15) is 0 Å². The number of rotatable bonds is 53. The Morgan fingerprint density at radius 1 is 0.323 bits per heavy atom. The van der Waals surface area contributed by atoms with Gasteiger partial charge in [-0.25, -0.2) is 0 Å². The molecule has 0 aromatic heterocycles. The summed E-state index contributed by atoms with van der Waals surface area (Å²) < 4.78 is 16.9. The zero-order chi connectivity index (χ0) is 47.5. The van der Waals surface area contributed by atoms with E-state index in [4.69, 9.17) is 14.2 Å². The van der Waals surface area contributed by atoms with E-state index in [1.54, 1.807) is 0 Å². The topological polar surface area (TPSA) is 78.9 Å². The van der Waals surface area contributed by atoms with E-state index in [9.17, 15) is 14.4 Å². The lowest BCUT2D eigenvalue weighted by molar-refractivity contribution is -0.167. The number of ether oxygens (including phenoxy) is 3. The first-order chi connectivity index (χ1) is 31.8. The Morgan fingerprint density at radius 2 is 0.585 bits per heavy atom. The largest absolute Gasteiger partial charge is 0.462 e. The lowest BCUT2D eigenvalue weighted by Gasteiger charge is -2.18. The monoisotopic (exact) mass is 919 g/mol. The molecule has 0 aromatic carbocycles. The molecule has 0 rings (SSSR count). The fourth-order valence-corrected chi connectivity index (χ4v) is 9.02. The summed E-state index contributed by atoms with van der Waals surface area (Å²) in [4.78, 5) is 38.1. The summed E-state index contributed by atoms with van der Waals surface area (Å²) in [5, 5.41) is 0. The maximum atomic E-state index is 12.8. The van der Waals surface area contributed by atoms with Gasteiger partial charge in [0.1, 0.15) is 13.2 Å². The van der Waals surface area contributed by atoms with Crippen molar-refractivity contribution in [1.29, 1.82) is 0 Å². The molecule has 6 nitrogen and oxygen atoms in total. The van der Waals surface area contributed by atoms with Gasteiger partial charge in [0.15, 0.2) is 6.10 Å². The molecule has 0 bridgehead atoms. The van der Waals surface area contributed by atoms with Crippen LogP contribution in [0.5, 0.6) is 0 Å². The van der Waals surface area contributed by atoms with Crippen molar-refractivity contribution < 1.29 is 28.6 Å². The minimum absolute atomic E-state index is 0.0628. The summed E-state index contributed by atoms with van der Waals surface area (Å²) >= 11 is 0. The van der Waals surface area contributed by atoms with E-state index in [1.807, 2.05) is 0 Å². The smallest absolute Gasteiger partial charge is 0.306 e. The normalized spacial score (nSPS) is 12.5. The van der Waals surface area contributed by atoms with Crippen LogP contribution < -0.4 is 0 Å². The predicted octanol–water partition coefficient (Wildman–Crippen LogP) is 19.3. The molecule has 0 N–H and O–H groups in total. The fourth-order valence-electron chi connectivity index (χ4n) is 9.02. The molecular weight excluding hydrogens is 805 g/mol. The molecule has 2 atom stereocenters. The quantitative estimate of drug-likeness (QED) is 0.0344. The maximum absolute atomic E-state index is 12.8. The molecule has 0 heterocycles. The number of hydrogen-bond acceptors (Lipinski definition) is 6. The van der Waals surface area contributed by atoms with Gasteiger partial charge in [-0.15, -0.1) is 0 Å². The third-order valence-corrected chi connectivity index (χ3v) is 13.8. The highest BCUT2D eigenvalue weighted by Crippen LogP contribution is 2.19. The van der Waals surface area contributed by atoms with Gasteiger partial charge in [0, 0.05) is 19.3 Å². The van der Waals surface area contributed by atoms with E-state index < -0.39 is 6.10 Å². The van der Waals surface area contributed by atoms with Gasteiger partial charge in [0.25, 0.3) is 0 Å². The molecule has 0 aromatic rings. The summed E-state index contributed by atoms with van der Waals surface area (Å²) in [6, 6.07) is 0. The minimum Gasteiger partial charge on any atom is -0.462 e. The molecule has 6 heteroatoms. The molecule has 0 radical (unpaired) electrons. The zero-order valence-corrected chi connectivity index (χ0v) is 44.6. The van der Waals surface area contributed by atoms with Crippen molar-refractivity contribution in [2.45, 2.75) is 336 Å². The molecule has 0 saturated heterocycles. The Labute approximate surface area is 406 Å². The second-order valence-electron chi connectivity index (χ2n) is 21.0. The molecule has 0 spiro atoms. The minimum atomic E-state index is -0.762. The SMILES string of the molecule is CCCCCCCCCCCCC(=O)OC[C@@H](COC(=O)CCCCCCCCCCCCCCC(C)C)OC(=O)CCCCCCCCCCCCCCCCCCCCC(C)CC. The standard InChI is InChI=1S/C59H114O6/c1-6-8-9-10-11-12-29-34-39-44-49-57(60)63-52-56(53-64-58(61)50-45-40-35-30-25-22-21-23-27-32-37-42-47-54(3)4)65-59(62)51-46-41-36-31-26-20-18-16-14-13-15-17-19-24-28-33-38-43-48-55(5)7-2/h54-56H,6-53H2,1-5H3/t55?,56-/m0/s1. The number of unbranched alkanes of at least 4 members (excludes halogenated alkanes) is 37. The van der Waals surface area contributed by atoms with Crippen LogP contribution in [0.2, 0.25) is 0 Å². The molecule has 1 unspecified atom stereocenters. The highest BCUT2D eigenvalue weighted by Gasteiger charge is 2.19. The maximum Gasteiger partial charge on any atom is 0.306 e. The van der Waals surface area contributed by atoms with Crippen LogP contribution in [0.4, 0.5) is 0 Å². The highest BCUT2D eigenvalue weighted by molar-refractivity contribution is 5.71. The first-order valence-electron chi connectivity index (χ1n) is 29.3. The van der Waals surface area contributed by atoms with Crippen LogP contribution in [0.15, 0.2) is 0 Å². The van der Waals surface area contributed by atoms with E-state index in [0.29, 0.717) is 19.3 Å². The fraction of sp³-hybridized carbons (Fsp3) is 0.949. The average molecular weight is 920 g/mol. The third kappa shape index (κ3) is 51.6. The van der Waals surface area contributed by atoms with Crippen molar-refractivity contribution in [3.05, 3.63) is 0 Å². The van der Waals surface area contributed by atoms with Crippen LogP contribution in [0.1, 0.15) is 330 Å². The van der Waals surface area contributed by atoms with Crippen molar-refractivity contribution in [1.82, 2.24) is 0 Å². The lowest BCUT2D eigenvalue weighted by Crippen LogP contribution is -2.30. The van der Waals surface area contributed by atoms with E-state index >= 15 is 0 Å². The molecule has 65 heavy (non-hydrogen) atoms. The molecule has 0 aliphatic carbocycles. The van der Waals surface area contributed by atoms with Gasteiger partial charge in [0.05, 0.1) is 0 Å². The van der Waals surface area contributed by atoms with Gasteiger partial charge in [-0.3, -0.25) is 14.4 Å². The summed E-state index contributed by atoms with van der Waals surface area (Å²) in [6.07, 6.45) is 55.2. The van der Waals surface area contributed by atoms with Crippen LogP contribution in [0.3, 0.4) is 0 Å². The molecular formula is C59H114O6. The average Bonchev–Trinajstić information content (AvgIpc) is 3.29. The van der Waals surface area contributed by atoms with Gasteiger partial charge in [-0.1, -0.05) is 291 Å². The van der Waals surface area contributed by atoms with Gasteiger partial charge >= 0.3 is 17.9 Å². The molecule has 0 aliphatic rings. The van der Waals surface area contributed by atoms with Crippen molar-refractivity contribution in [2.24, 2.45) is 11.8 Å². The Hall–Kier alpha value is -1.59. The number of esters is 3. The van der Waals surface area contributed by atoms with Crippen LogP contribution in [0.25, 0.3) is 0 Å². The summed E-state index contributed by atoms with van der Waals surface area (Å²) in [7, 11) is 0. The summed E-state index contributed by atoms with van der Waals surface area (Å²) in [5.74, 6) is 0.902. The van der Waals surface area contributed by atoms with Gasteiger partial charge < -0.3 is 14.2 Å². The van der Waals surface area contributed by atoms with E-state index in [-0.39, 0.29) is 31.1 Å². The van der Waals surface area contributed by atoms with E-state index in [0.717, 1.165) is 69.6 Å². The highest BCUT2D eigenvalue weighted by atomic mass is 16.6. The van der Waals surface area contributed by atoms with Crippen LogP contribution in [-0.2, 0) is 28.6 Å². The Morgan fingerprint density at radius 3 is 0.877 bits per heavy atom. The molecule has 0 aliphatic heterocycles. The number of hydrogen-bond donors (Lipinski definition) is 0. The Kier molecular flexibility index (Phi) is 50.5. The second-order valence-corrected chi connectivity index (χ2v) is 21.0. The lowest BCUT2D eigenvalue weighted by atomic mass is 9.99. The predicted molar refractivity (Wildman–Crippen MR) is 280 cm³/mol. The van der Waals surface area contributed by atoms with Crippen molar-refractivity contribution in [3.63, 3.8) is 0 Å². The zero-order valence-electron chi connectivity index (χ0n) is 44.6. The summed E-state index contributed by atoms with van der Waals surface area (Å²) in [5.41, 5.74) is 0. The van der Waals surface area contributed by atoms with E-state index in [1.165, 1.54) is 218 Å². The second kappa shape index (κ2) is 51.8. The molecule has 0 saturated carbocycles. The number of carbonyl (C=O) groups excluding carboxylic acids is 3. The van der Waals surface area contributed by atoms with Crippen molar-refractivity contribution in [2.75, 3.05) is 13.2 Å². The molecule has 0 fully saturated rings. The number of carbonyl (C=O) groups is 3. The third-order valence-electron chi connectivity index (χ3n) is 13.8. The van der Waals surface area contributed by atoms with Gasteiger partial charge in [-0.05, 0) is 31.1 Å². The summed E-state index contributed by atoms with van der Waals surface area (Å²) in [6.45, 7) is 11.4. The molecule has 386 valence electrons. The first kappa shape index (κ1) is 63.4. The molecule has 0 amide bonds. The van der Waals surface area contributed by atoms with Crippen LogP contribution in [0, 0.1) is 11.8 Å². The van der Waals surface area contributed by atoms with Crippen LogP contribution in [-0.4, -0.2) is 37.2 Å². The van der Waals surface area contributed by atoms with Crippen molar-refractivity contribution in [3.8, 4) is 0 Å². The first-order valence-corrected chi connectivity index (χ1v) is 29.3. The van der Waals surface area contributed by atoms with E-state index in [2.05, 4.69) is 34.6 Å². The Bertz CT molecular complexity index is 995. The van der Waals surface area contributed by atoms with Gasteiger partial charge in [0.2, 0.25) is 0 Å².